The van der Waals surface area contributed by atoms with E-state index in [2.05, 4.69) is 58.2 Å². The van der Waals surface area contributed by atoms with Crippen molar-refractivity contribution in [1.82, 2.24) is 9.55 Å². The van der Waals surface area contributed by atoms with Gasteiger partial charge in [0.25, 0.3) is 0 Å². The van der Waals surface area contributed by atoms with Crippen LogP contribution in [-0.2, 0) is 6.54 Å². The van der Waals surface area contributed by atoms with Crippen LogP contribution in [-0.4, -0.2) is 29.5 Å². The van der Waals surface area contributed by atoms with Crippen LogP contribution in [0, 0.1) is 13.8 Å². The lowest BCUT2D eigenvalue weighted by molar-refractivity contribution is 0.297. The number of aryl methyl sites for hydroxylation is 1. The third-order valence-electron chi connectivity index (χ3n) is 5.80. The number of methoxy groups -OCH3 is 1. The maximum absolute atomic E-state index is 6.00. The van der Waals surface area contributed by atoms with Crippen LogP contribution in [0.3, 0.4) is 0 Å². The first kappa shape index (κ1) is 22.0. The van der Waals surface area contributed by atoms with Crippen molar-refractivity contribution in [3.63, 3.8) is 0 Å². The molecule has 0 aliphatic carbocycles. The minimum atomic E-state index is 0.548. The van der Waals surface area contributed by atoms with Crippen LogP contribution in [0.4, 0.5) is 5.13 Å². The van der Waals surface area contributed by atoms with Crippen LogP contribution in [0.5, 0.6) is 11.5 Å². The van der Waals surface area contributed by atoms with Gasteiger partial charge < -0.3 is 14.0 Å². The van der Waals surface area contributed by atoms with Crippen molar-refractivity contribution in [1.29, 1.82) is 0 Å². The van der Waals surface area contributed by atoms with Crippen molar-refractivity contribution in [2.75, 3.05) is 19.1 Å². The third-order valence-corrected chi connectivity index (χ3v) is 6.74. The van der Waals surface area contributed by atoms with Crippen molar-refractivity contribution >= 4 is 43.8 Å². The summed E-state index contributed by atoms with van der Waals surface area (Å²) in [6.45, 7) is 5.51. The standard InChI is InChI=1S/C27H26N4O2S/c1-18-11-12-25-22(15-18)23(17-28-30-27-29-24-9-4-5-10-26(24)34-27)19(2)31(25)13-14-33-21-8-6-7-20(16-21)32-3/h4-12,15-17H,13-14H2,1-3H3,(H,29,30). The number of para-hydroxylation sites is 1. The lowest BCUT2D eigenvalue weighted by Crippen LogP contribution is -2.09. The Labute approximate surface area is 202 Å². The molecule has 7 heteroatoms. The number of anilines is 1. The van der Waals surface area contributed by atoms with E-state index in [1.807, 2.05) is 48.7 Å². The largest absolute Gasteiger partial charge is 0.497 e. The lowest BCUT2D eigenvalue weighted by atomic mass is 10.1. The Balaban J connectivity index is 1.37. The molecule has 0 aliphatic heterocycles. The van der Waals surface area contributed by atoms with E-state index < -0.39 is 0 Å². The van der Waals surface area contributed by atoms with Crippen molar-refractivity contribution in [2.24, 2.45) is 5.10 Å². The highest BCUT2D eigenvalue weighted by Gasteiger charge is 2.13. The van der Waals surface area contributed by atoms with Crippen LogP contribution in [0.15, 0.2) is 71.8 Å². The molecule has 0 saturated heterocycles. The van der Waals surface area contributed by atoms with E-state index in [0.29, 0.717) is 6.61 Å². The molecule has 3 aromatic carbocycles. The highest BCUT2D eigenvalue weighted by molar-refractivity contribution is 7.22. The summed E-state index contributed by atoms with van der Waals surface area (Å²) >= 11 is 1.59. The van der Waals surface area contributed by atoms with Crippen LogP contribution in [0.1, 0.15) is 16.8 Å². The zero-order valence-corrected chi connectivity index (χ0v) is 20.2. The Morgan fingerprint density at radius 3 is 2.74 bits per heavy atom. The van der Waals surface area contributed by atoms with Gasteiger partial charge in [-0.05, 0) is 50.2 Å². The predicted octanol–water partition coefficient (Wildman–Crippen LogP) is 6.40. The fourth-order valence-electron chi connectivity index (χ4n) is 4.09. The van der Waals surface area contributed by atoms with E-state index in [1.54, 1.807) is 18.4 Å². The number of hydrogen-bond acceptors (Lipinski definition) is 6. The second-order valence-corrected chi connectivity index (χ2v) is 9.09. The van der Waals surface area contributed by atoms with Gasteiger partial charge in [-0.3, -0.25) is 5.43 Å². The Morgan fingerprint density at radius 1 is 1.03 bits per heavy atom. The lowest BCUT2D eigenvalue weighted by Gasteiger charge is -2.11. The summed E-state index contributed by atoms with van der Waals surface area (Å²) in [6.07, 6.45) is 1.89. The van der Waals surface area contributed by atoms with Gasteiger partial charge in [-0.15, -0.1) is 0 Å². The summed E-state index contributed by atoms with van der Waals surface area (Å²) in [5.41, 5.74) is 8.70. The molecule has 0 spiro atoms. The van der Waals surface area contributed by atoms with Crippen LogP contribution >= 0.6 is 11.3 Å². The van der Waals surface area contributed by atoms with Crippen molar-refractivity contribution in [3.05, 3.63) is 83.6 Å². The summed E-state index contributed by atoms with van der Waals surface area (Å²) in [4.78, 5) is 4.59. The molecule has 6 nitrogen and oxygen atoms in total. The van der Waals surface area contributed by atoms with Crippen LogP contribution in [0.25, 0.3) is 21.1 Å². The van der Waals surface area contributed by atoms with Gasteiger partial charge in [-0.25, -0.2) is 4.98 Å². The molecule has 0 fully saturated rings. The molecule has 0 aliphatic rings. The fourth-order valence-corrected chi connectivity index (χ4v) is 4.91. The molecule has 1 N–H and O–H groups in total. The maximum atomic E-state index is 6.00. The van der Waals surface area contributed by atoms with Gasteiger partial charge in [0, 0.05) is 28.2 Å². The smallest absolute Gasteiger partial charge is 0.204 e. The number of hydrazone groups is 1. The number of hydrogen-bond donors (Lipinski definition) is 1. The number of nitrogens with zero attached hydrogens (tertiary/aromatic N) is 3. The number of nitrogens with one attached hydrogen (secondary N) is 1. The Hall–Kier alpha value is -3.84. The Kier molecular flexibility index (Phi) is 6.18. The zero-order chi connectivity index (χ0) is 23.5. The van der Waals surface area contributed by atoms with E-state index in [1.165, 1.54) is 16.5 Å². The van der Waals surface area contributed by atoms with E-state index in [-0.39, 0.29) is 0 Å². The molecule has 5 rings (SSSR count). The number of rotatable bonds is 8. The Morgan fingerprint density at radius 2 is 1.88 bits per heavy atom. The summed E-state index contributed by atoms with van der Waals surface area (Å²) in [6, 6.07) is 22.3. The average molecular weight is 471 g/mol. The average Bonchev–Trinajstić information content (AvgIpc) is 3.38. The number of benzene rings is 3. The molecule has 0 amide bonds. The quantitative estimate of drug-likeness (QED) is 0.211. The molecule has 2 aromatic heterocycles. The maximum Gasteiger partial charge on any atom is 0.204 e. The molecule has 0 saturated carbocycles. The van der Waals surface area contributed by atoms with Crippen molar-refractivity contribution in [2.45, 2.75) is 20.4 Å². The molecule has 34 heavy (non-hydrogen) atoms. The van der Waals surface area contributed by atoms with Gasteiger partial charge in [-0.1, -0.05) is 41.2 Å². The van der Waals surface area contributed by atoms with E-state index in [0.717, 1.165) is 44.6 Å². The molecular formula is C27H26N4O2S. The molecular weight excluding hydrogens is 444 g/mol. The SMILES string of the molecule is COc1cccc(OCCn2c(C)c(C=NNc3nc4ccccc4s3)c3cc(C)ccc32)c1. The summed E-state index contributed by atoms with van der Waals surface area (Å²) < 4.78 is 14.7. The van der Waals surface area contributed by atoms with E-state index in [4.69, 9.17) is 9.47 Å². The van der Waals surface area contributed by atoms with E-state index in [9.17, 15) is 0 Å². The van der Waals surface area contributed by atoms with Gasteiger partial charge in [0.05, 0.1) is 30.1 Å². The van der Waals surface area contributed by atoms with Crippen molar-refractivity contribution < 1.29 is 9.47 Å². The first-order chi connectivity index (χ1) is 16.6. The minimum absolute atomic E-state index is 0.548. The highest BCUT2D eigenvalue weighted by Crippen LogP contribution is 2.28. The van der Waals surface area contributed by atoms with Gasteiger partial charge in [0.2, 0.25) is 5.13 Å². The van der Waals surface area contributed by atoms with Gasteiger partial charge in [0.1, 0.15) is 18.1 Å². The molecule has 0 unspecified atom stereocenters. The molecule has 0 atom stereocenters. The van der Waals surface area contributed by atoms with Crippen LogP contribution < -0.4 is 14.9 Å². The molecule has 0 bridgehead atoms. The first-order valence-electron chi connectivity index (χ1n) is 11.1. The third kappa shape index (κ3) is 4.47. The number of aromatic nitrogens is 2. The number of ether oxygens (including phenoxy) is 2. The second kappa shape index (κ2) is 9.57. The zero-order valence-electron chi connectivity index (χ0n) is 19.4. The molecule has 0 radical (unpaired) electrons. The number of fused-ring (bicyclic) bond motifs is 2. The highest BCUT2D eigenvalue weighted by atomic mass is 32.1. The van der Waals surface area contributed by atoms with Gasteiger partial charge >= 0.3 is 0 Å². The number of thiazole rings is 1. The minimum Gasteiger partial charge on any atom is -0.497 e. The second-order valence-electron chi connectivity index (χ2n) is 8.06. The monoisotopic (exact) mass is 470 g/mol. The fraction of sp³-hybridized carbons (Fsp3) is 0.185. The summed E-state index contributed by atoms with van der Waals surface area (Å²) in [7, 11) is 1.66. The molecule has 5 aromatic rings. The van der Waals surface area contributed by atoms with Crippen LogP contribution in [0.2, 0.25) is 0 Å². The topological polar surface area (TPSA) is 60.7 Å². The van der Waals surface area contributed by atoms with Crippen molar-refractivity contribution in [3.8, 4) is 11.5 Å². The normalized spacial score (nSPS) is 11.5. The molecule has 172 valence electrons. The summed E-state index contributed by atoms with van der Waals surface area (Å²) in [5, 5.41) is 6.48. The van der Waals surface area contributed by atoms with Gasteiger partial charge in [-0.2, -0.15) is 5.10 Å². The van der Waals surface area contributed by atoms with Gasteiger partial charge in [0.15, 0.2) is 0 Å². The first-order valence-corrected chi connectivity index (χ1v) is 11.9. The molecule has 2 heterocycles. The predicted molar refractivity (Wildman–Crippen MR) is 141 cm³/mol. The van der Waals surface area contributed by atoms with E-state index >= 15 is 0 Å². The summed E-state index contributed by atoms with van der Waals surface area (Å²) in [5.74, 6) is 1.58. The Bertz CT molecular complexity index is 1450.